The van der Waals surface area contributed by atoms with Crippen LogP contribution in [0.3, 0.4) is 0 Å². The van der Waals surface area contributed by atoms with Gasteiger partial charge in [0.15, 0.2) is 0 Å². The number of alkyl halides is 7. The van der Waals surface area contributed by atoms with Gasteiger partial charge in [-0.2, -0.15) is 26.3 Å². The third-order valence-corrected chi connectivity index (χ3v) is 5.23. The second-order valence-electron chi connectivity index (χ2n) is 7.58. The molecule has 2 rings (SSSR count). The topological polar surface area (TPSA) is 78.4 Å². The Morgan fingerprint density at radius 1 is 0.971 bits per heavy atom. The minimum Gasteiger partial charge on any atom is -0.465 e. The van der Waals surface area contributed by atoms with Crippen molar-refractivity contribution < 1.29 is 45.4 Å². The first-order valence-electron chi connectivity index (χ1n) is 9.90. The van der Waals surface area contributed by atoms with E-state index in [-0.39, 0.29) is 28.8 Å². The molecule has 1 atom stereocenters. The number of benzene rings is 2. The molecule has 34 heavy (non-hydrogen) atoms. The number of halogens is 7. The summed E-state index contributed by atoms with van der Waals surface area (Å²) < 4.78 is 93.4. The highest BCUT2D eigenvalue weighted by molar-refractivity contribution is 6.05. The van der Waals surface area contributed by atoms with Crippen LogP contribution in [-0.4, -0.2) is 29.5 Å². The molecule has 3 N–H and O–H groups in total. The summed E-state index contributed by atoms with van der Waals surface area (Å²) in [4.78, 5) is 23.4. The Bertz CT molecular complexity index is 1050. The molecule has 0 bridgehead atoms. The summed E-state index contributed by atoms with van der Waals surface area (Å²) in [5.74, 6) is -0.714. The predicted molar refractivity (Wildman–Crippen MR) is 109 cm³/mol. The van der Waals surface area contributed by atoms with E-state index in [4.69, 9.17) is 5.11 Å². The van der Waals surface area contributed by atoms with Crippen LogP contribution < -0.4 is 10.6 Å². The van der Waals surface area contributed by atoms with Crippen LogP contribution in [0.15, 0.2) is 36.4 Å². The Labute approximate surface area is 190 Å². The van der Waals surface area contributed by atoms with Gasteiger partial charge in [0, 0.05) is 16.8 Å². The Morgan fingerprint density at radius 3 is 1.94 bits per heavy atom. The van der Waals surface area contributed by atoms with E-state index < -0.39 is 41.6 Å². The lowest BCUT2D eigenvalue weighted by Crippen LogP contribution is -2.50. The van der Waals surface area contributed by atoms with E-state index in [1.807, 2.05) is 0 Å². The van der Waals surface area contributed by atoms with Crippen molar-refractivity contribution in [2.45, 2.75) is 51.3 Å². The second-order valence-corrected chi connectivity index (χ2v) is 7.58. The van der Waals surface area contributed by atoms with E-state index in [2.05, 4.69) is 10.6 Å². The maximum absolute atomic E-state index is 14.5. The molecule has 186 valence electrons. The van der Waals surface area contributed by atoms with Crippen molar-refractivity contribution in [3.63, 3.8) is 0 Å². The first-order chi connectivity index (χ1) is 15.5. The molecule has 0 spiro atoms. The van der Waals surface area contributed by atoms with Gasteiger partial charge in [0.2, 0.25) is 0 Å². The molecule has 12 heteroatoms. The maximum Gasteiger partial charge on any atom is 0.435 e. The summed E-state index contributed by atoms with van der Waals surface area (Å²) >= 11 is 0. The van der Waals surface area contributed by atoms with Crippen molar-refractivity contribution in [3.05, 3.63) is 64.2 Å². The summed E-state index contributed by atoms with van der Waals surface area (Å²) in [6.45, 7) is 4.17. The number of amides is 2. The zero-order valence-corrected chi connectivity index (χ0v) is 18.2. The third-order valence-electron chi connectivity index (χ3n) is 5.23. The van der Waals surface area contributed by atoms with E-state index in [0.717, 1.165) is 6.92 Å². The molecule has 0 saturated carbocycles. The van der Waals surface area contributed by atoms with Gasteiger partial charge in [-0.25, -0.2) is 9.18 Å². The van der Waals surface area contributed by atoms with Crippen molar-refractivity contribution in [3.8, 4) is 0 Å². The number of nitrogens with one attached hydrogen (secondary N) is 2. The van der Waals surface area contributed by atoms with E-state index >= 15 is 0 Å². The van der Waals surface area contributed by atoms with Crippen LogP contribution in [0.1, 0.15) is 52.5 Å². The fourth-order valence-corrected chi connectivity index (χ4v) is 3.38. The third kappa shape index (κ3) is 5.26. The van der Waals surface area contributed by atoms with Gasteiger partial charge in [0.05, 0.1) is 6.04 Å². The van der Waals surface area contributed by atoms with Gasteiger partial charge in [-0.05, 0) is 55.2 Å². The lowest BCUT2D eigenvalue weighted by atomic mass is 9.89. The highest BCUT2D eigenvalue weighted by atomic mass is 19.4. The Kier molecular flexibility index (Phi) is 7.54. The Balaban J connectivity index is 2.41. The zero-order chi connectivity index (χ0) is 26.1. The van der Waals surface area contributed by atoms with Crippen LogP contribution in [0.25, 0.3) is 0 Å². The molecular formula is C22H21F7N2O3. The van der Waals surface area contributed by atoms with Crippen molar-refractivity contribution in [2.24, 2.45) is 0 Å². The van der Waals surface area contributed by atoms with Gasteiger partial charge in [0.1, 0.15) is 0 Å². The number of hydrogen-bond acceptors (Lipinski definition) is 2. The molecule has 0 aliphatic heterocycles. The van der Waals surface area contributed by atoms with Gasteiger partial charge in [-0.3, -0.25) is 4.79 Å². The van der Waals surface area contributed by atoms with E-state index in [1.165, 1.54) is 31.2 Å². The summed E-state index contributed by atoms with van der Waals surface area (Å²) in [6.07, 6.45) is -13.8. The molecule has 2 amide bonds. The lowest BCUT2D eigenvalue weighted by Gasteiger charge is -2.31. The highest BCUT2D eigenvalue weighted by Gasteiger charge is 2.73. The first kappa shape index (κ1) is 26.9. The number of rotatable bonds is 6. The molecule has 0 fully saturated rings. The number of carbonyl (C=O) groups is 2. The molecular weight excluding hydrogens is 473 g/mol. The Hall–Kier alpha value is -3.31. The smallest absolute Gasteiger partial charge is 0.435 e. The van der Waals surface area contributed by atoms with E-state index in [0.29, 0.717) is 17.7 Å². The first-order valence-corrected chi connectivity index (χ1v) is 9.90. The average Bonchev–Trinajstić information content (AvgIpc) is 2.72. The maximum atomic E-state index is 14.5. The van der Waals surface area contributed by atoms with Crippen molar-refractivity contribution >= 4 is 17.7 Å². The molecule has 5 nitrogen and oxygen atoms in total. The highest BCUT2D eigenvalue weighted by Crippen LogP contribution is 2.53. The van der Waals surface area contributed by atoms with Gasteiger partial charge < -0.3 is 15.7 Å². The summed E-state index contributed by atoms with van der Waals surface area (Å²) in [7, 11) is 0. The minimum atomic E-state index is -6.25. The minimum absolute atomic E-state index is 0.0343. The number of aryl methyl sites for hydroxylation is 2. The second kappa shape index (κ2) is 9.51. The zero-order valence-electron chi connectivity index (χ0n) is 18.2. The predicted octanol–water partition coefficient (Wildman–Crippen LogP) is 6.43. The lowest BCUT2D eigenvalue weighted by molar-refractivity contribution is -0.348. The standard InChI is InChI=1S/C22H21F7N2O3/c1-4-13-10-16(20(23,21(24,25)26)22(27,28)29)9-11(2)17(13)31-18(32)15-7-5-14(6-8-15)12(3)30-19(33)34/h5-10,12,30H,4H2,1-3H3,(H,31,32)(H,33,34). The fraction of sp³-hybridized carbons (Fsp3) is 0.364. The number of carbonyl (C=O) groups excluding carboxylic acids is 1. The Morgan fingerprint density at radius 2 is 1.50 bits per heavy atom. The molecule has 0 saturated heterocycles. The van der Waals surface area contributed by atoms with Gasteiger partial charge >= 0.3 is 24.1 Å². The van der Waals surface area contributed by atoms with Crippen LogP contribution >= 0.6 is 0 Å². The van der Waals surface area contributed by atoms with Crippen molar-refractivity contribution in [1.82, 2.24) is 5.32 Å². The number of anilines is 1. The molecule has 2 aromatic rings. The van der Waals surface area contributed by atoms with Crippen LogP contribution in [0.4, 0.5) is 41.2 Å². The van der Waals surface area contributed by atoms with Crippen LogP contribution in [0.5, 0.6) is 0 Å². The molecule has 0 radical (unpaired) electrons. The summed E-state index contributed by atoms with van der Waals surface area (Å²) in [5, 5.41) is 13.4. The molecule has 0 aromatic heterocycles. The fourth-order valence-electron chi connectivity index (χ4n) is 3.38. The summed E-state index contributed by atoms with van der Waals surface area (Å²) in [6, 6.07) is 6.01. The molecule has 0 aliphatic carbocycles. The largest absolute Gasteiger partial charge is 0.465 e. The molecule has 1 unspecified atom stereocenters. The normalized spacial score (nSPS) is 13.4. The number of hydrogen-bond donors (Lipinski definition) is 3. The quantitative estimate of drug-likeness (QED) is 0.405. The van der Waals surface area contributed by atoms with Crippen LogP contribution in [0, 0.1) is 6.92 Å². The monoisotopic (exact) mass is 494 g/mol. The average molecular weight is 494 g/mol. The van der Waals surface area contributed by atoms with Gasteiger partial charge in [0.25, 0.3) is 5.91 Å². The molecule has 2 aromatic carbocycles. The summed E-state index contributed by atoms with van der Waals surface area (Å²) in [5.41, 5.74) is -6.89. The SMILES string of the molecule is CCc1cc(C(F)(C(F)(F)F)C(F)(F)F)cc(C)c1NC(=O)c1ccc(C(C)NC(=O)O)cc1. The van der Waals surface area contributed by atoms with E-state index in [9.17, 15) is 40.3 Å². The van der Waals surface area contributed by atoms with Crippen molar-refractivity contribution in [2.75, 3.05) is 5.32 Å². The number of carboxylic acid groups (broad SMARTS) is 1. The molecule has 0 heterocycles. The van der Waals surface area contributed by atoms with Crippen molar-refractivity contribution in [1.29, 1.82) is 0 Å². The van der Waals surface area contributed by atoms with Crippen LogP contribution in [-0.2, 0) is 12.1 Å². The van der Waals surface area contributed by atoms with Gasteiger partial charge in [-0.1, -0.05) is 25.1 Å². The van der Waals surface area contributed by atoms with Gasteiger partial charge in [-0.15, -0.1) is 0 Å². The molecule has 0 aliphatic rings. The van der Waals surface area contributed by atoms with Crippen LogP contribution in [0.2, 0.25) is 0 Å². The van der Waals surface area contributed by atoms with E-state index in [1.54, 1.807) is 6.92 Å².